The summed E-state index contributed by atoms with van der Waals surface area (Å²) < 4.78 is 0. The Hall–Kier alpha value is -3.53. The standard InChI is InChI=1S/C21H17N3O/c1-16(19-14-8-9-15-22-19)23-24-20(17-10-4-2-5-11-17)21(25)18-12-6-3-7-13-18/h2-15,23H,1H2/b24-20+. The molecule has 1 heterocycles. The molecule has 0 spiro atoms. The fraction of sp³-hybridized carbons (Fsp3) is 0. The third-order valence-corrected chi connectivity index (χ3v) is 3.58. The minimum absolute atomic E-state index is 0.159. The van der Waals surface area contributed by atoms with Crippen LogP contribution in [0.15, 0.2) is 96.7 Å². The molecule has 0 unspecified atom stereocenters. The molecule has 0 atom stereocenters. The second kappa shape index (κ2) is 7.84. The molecule has 122 valence electrons. The maximum Gasteiger partial charge on any atom is 0.213 e. The zero-order valence-corrected chi connectivity index (χ0v) is 13.6. The number of benzene rings is 2. The van der Waals surface area contributed by atoms with Crippen LogP contribution in [0.25, 0.3) is 5.70 Å². The molecule has 0 aliphatic heterocycles. The van der Waals surface area contributed by atoms with Crippen molar-refractivity contribution in [3.8, 4) is 0 Å². The van der Waals surface area contributed by atoms with Crippen LogP contribution in [0.5, 0.6) is 0 Å². The zero-order chi connectivity index (χ0) is 17.5. The molecule has 4 heteroatoms. The largest absolute Gasteiger partial charge is 0.287 e. The normalized spacial score (nSPS) is 11.0. The van der Waals surface area contributed by atoms with E-state index in [9.17, 15) is 4.79 Å². The molecule has 1 aromatic heterocycles. The number of pyridine rings is 1. The van der Waals surface area contributed by atoms with Gasteiger partial charge in [-0.05, 0) is 12.1 Å². The number of rotatable bonds is 6. The van der Waals surface area contributed by atoms with Gasteiger partial charge >= 0.3 is 0 Å². The first kappa shape index (κ1) is 16.3. The van der Waals surface area contributed by atoms with Crippen LogP contribution in [0.4, 0.5) is 0 Å². The van der Waals surface area contributed by atoms with Gasteiger partial charge in [0.2, 0.25) is 5.78 Å². The molecular weight excluding hydrogens is 310 g/mol. The lowest BCUT2D eigenvalue weighted by molar-refractivity contribution is 0.106. The highest BCUT2D eigenvalue weighted by Gasteiger charge is 2.16. The van der Waals surface area contributed by atoms with Gasteiger partial charge in [-0.25, -0.2) is 0 Å². The number of carbonyl (C=O) groups is 1. The summed E-state index contributed by atoms with van der Waals surface area (Å²) in [6.45, 7) is 3.93. The number of carbonyl (C=O) groups excluding carboxylic acids is 1. The average Bonchev–Trinajstić information content (AvgIpc) is 2.70. The zero-order valence-electron chi connectivity index (χ0n) is 13.6. The van der Waals surface area contributed by atoms with Crippen molar-refractivity contribution in [1.29, 1.82) is 0 Å². The van der Waals surface area contributed by atoms with Gasteiger partial charge in [0.05, 0.1) is 11.4 Å². The molecular formula is C21H17N3O. The van der Waals surface area contributed by atoms with Gasteiger partial charge in [-0.2, -0.15) is 5.10 Å². The van der Waals surface area contributed by atoms with Crippen LogP contribution >= 0.6 is 0 Å². The predicted molar refractivity (Wildman–Crippen MR) is 100 cm³/mol. The van der Waals surface area contributed by atoms with Gasteiger partial charge in [-0.3, -0.25) is 15.2 Å². The Morgan fingerprint density at radius 1 is 0.840 bits per heavy atom. The Morgan fingerprint density at radius 3 is 2.04 bits per heavy atom. The van der Waals surface area contributed by atoms with E-state index < -0.39 is 0 Å². The number of ketones is 1. The fourth-order valence-corrected chi connectivity index (χ4v) is 2.29. The van der Waals surface area contributed by atoms with Crippen LogP contribution in [-0.4, -0.2) is 16.5 Å². The number of aromatic nitrogens is 1. The van der Waals surface area contributed by atoms with E-state index in [-0.39, 0.29) is 5.78 Å². The van der Waals surface area contributed by atoms with Gasteiger partial charge in [-0.1, -0.05) is 73.3 Å². The topological polar surface area (TPSA) is 54.4 Å². The Balaban J connectivity index is 1.92. The molecule has 3 aromatic rings. The quantitative estimate of drug-likeness (QED) is 0.424. The molecule has 0 aliphatic rings. The van der Waals surface area contributed by atoms with Crippen molar-refractivity contribution in [3.63, 3.8) is 0 Å². The van der Waals surface area contributed by atoms with Gasteiger partial charge in [0.1, 0.15) is 5.71 Å². The van der Waals surface area contributed by atoms with E-state index in [0.717, 1.165) is 5.56 Å². The highest BCUT2D eigenvalue weighted by Crippen LogP contribution is 2.10. The third kappa shape index (κ3) is 4.06. The summed E-state index contributed by atoms with van der Waals surface area (Å²) in [6.07, 6.45) is 1.68. The first-order chi connectivity index (χ1) is 12.3. The monoisotopic (exact) mass is 327 g/mol. The smallest absolute Gasteiger partial charge is 0.213 e. The highest BCUT2D eigenvalue weighted by molar-refractivity contribution is 6.51. The van der Waals surface area contributed by atoms with Crippen molar-refractivity contribution in [2.45, 2.75) is 0 Å². The minimum atomic E-state index is -0.159. The summed E-state index contributed by atoms with van der Waals surface area (Å²) in [7, 11) is 0. The molecule has 0 amide bonds. The van der Waals surface area contributed by atoms with E-state index >= 15 is 0 Å². The summed E-state index contributed by atoms with van der Waals surface area (Å²) in [5.74, 6) is -0.159. The molecule has 0 saturated heterocycles. The van der Waals surface area contributed by atoms with Gasteiger partial charge in [0.15, 0.2) is 0 Å². The molecule has 4 nitrogen and oxygen atoms in total. The summed E-state index contributed by atoms with van der Waals surface area (Å²) in [4.78, 5) is 17.1. The van der Waals surface area contributed by atoms with E-state index in [2.05, 4.69) is 22.1 Å². The maximum atomic E-state index is 12.9. The van der Waals surface area contributed by atoms with Gasteiger partial charge in [0, 0.05) is 17.3 Å². The first-order valence-corrected chi connectivity index (χ1v) is 7.85. The number of hydrogen-bond acceptors (Lipinski definition) is 4. The number of hydrazone groups is 1. The lowest BCUT2D eigenvalue weighted by Gasteiger charge is -2.09. The lowest BCUT2D eigenvalue weighted by atomic mass is 10.0. The Morgan fingerprint density at radius 2 is 1.44 bits per heavy atom. The van der Waals surface area contributed by atoms with Crippen molar-refractivity contribution < 1.29 is 4.79 Å². The minimum Gasteiger partial charge on any atom is -0.287 e. The van der Waals surface area contributed by atoms with Gasteiger partial charge in [0.25, 0.3) is 0 Å². The maximum absolute atomic E-state index is 12.9. The van der Waals surface area contributed by atoms with Crippen LogP contribution < -0.4 is 5.43 Å². The second-order valence-corrected chi connectivity index (χ2v) is 5.33. The molecule has 25 heavy (non-hydrogen) atoms. The molecule has 2 aromatic carbocycles. The Labute approximate surface area is 146 Å². The number of nitrogens with one attached hydrogen (secondary N) is 1. The number of hydrogen-bond donors (Lipinski definition) is 1. The molecule has 0 saturated carbocycles. The van der Waals surface area contributed by atoms with Crippen molar-refractivity contribution in [2.24, 2.45) is 5.10 Å². The predicted octanol–water partition coefficient (Wildman–Crippen LogP) is 3.93. The van der Waals surface area contributed by atoms with Crippen molar-refractivity contribution in [3.05, 3.63) is 108 Å². The summed E-state index contributed by atoms with van der Waals surface area (Å²) in [6, 6.07) is 23.9. The van der Waals surface area contributed by atoms with E-state index in [1.165, 1.54) is 0 Å². The summed E-state index contributed by atoms with van der Waals surface area (Å²) in [5, 5.41) is 4.32. The van der Waals surface area contributed by atoms with Crippen molar-refractivity contribution in [1.82, 2.24) is 10.4 Å². The lowest BCUT2D eigenvalue weighted by Crippen LogP contribution is -2.20. The molecule has 0 fully saturated rings. The molecule has 3 rings (SSSR count). The van der Waals surface area contributed by atoms with E-state index in [1.807, 2.05) is 66.7 Å². The van der Waals surface area contributed by atoms with Gasteiger partial charge < -0.3 is 0 Å². The SMILES string of the molecule is C=C(N/N=C(/C(=O)c1ccccc1)c1ccccc1)c1ccccn1. The molecule has 0 radical (unpaired) electrons. The highest BCUT2D eigenvalue weighted by atomic mass is 16.1. The van der Waals surface area contributed by atoms with E-state index in [1.54, 1.807) is 18.3 Å². The van der Waals surface area contributed by atoms with E-state index in [0.29, 0.717) is 22.7 Å². The van der Waals surface area contributed by atoms with Crippen LogP contribution in [0.1, 0.15) is 21.6 Å². The second-order valence-electron chi connectivity index (χ2n) is 5.33. The van der Waals surface area contributed by atoms with Crippen LogP contribution in [-0.2, 0) is 0 Å². The molecule has 0 aliphatic carbocycles. The Bertz CT molecular complexity index is 888. The van der Waals surface area contributed by atoms with Crippen LogP contribution in [0.3, 0.4) is 0 Å². The summed E-state index contributed by atoms with van der Waals surface area (Å²) >= 11 is 0. The van der Waals surface area contributed by atoms with E-state index in [4.69, 9.17) is 0 Å². The van der Waals surface area contributed by atoms with Crippen molar-refractivity contribution in [2.75, 3.05) is 0 Å². The van der Waals surface area contributed by atoms with Crippen LogP contribution in [0.2, 0.25) is 0 Å². The molecule has 1 N–H and O–H groups in total. The number of nitrogens with zero attached hydrogens (tertiary/aromatic N) is 2. The fourth-order valence-electron chi connectivity index (χ4n) is 2.29. The third-order valence-electron chi connectivity index (χ3n) is 3.58. The van der Waals surface area contributed by atoms with Crippen molar-refractivity contribution >= 4 is 17.2 Å². The first-order valence-electron chi connectivity index (χ1n) is 7.85. The Kier molecular flexibility index (Phi) is 5.12. The summed E-state index contributed by atoms with van der Waals surface area (Å²) in [5.41, 5.74) is 5.69. The van der Waals surface area contributed by atoms with Crippen LogP contribution in [0, 0.1) is 0 Å². The van der Waals surface area contributed by atoms with Gasteiger partial charge in [-0.15, -0.1) is 0 Å². The average molecular weight is 327 g/mol. The number of Topliss-reactive ketones (excluding diaryl/α,β-unsaturated/α-hetero) is 1. The molecule has 0 bridgehead atoms.